The minimum atomic E-state index is -0.152. The van der Waals surface area contributed by atoms with Crippen molar-refractivity contribution in [2.75, 3.05) is 19.7 Å². The molecule has 0 amide bonds. The number of esters is 1. The van der Waals surface area contributed by atoms with E-state index in [1.807, 2.05) is 6.92 Å². The SMILES string of the molecule is CCCN(CC(=O)OCC)Cc1ccn(C2CCCC2)n1. The average molecular weight is 293 g/mol. The summed E-state index contributed by atoms with van der Waals surface area (Å²) in [7, 11) is 0. The van der Waals surface area contributed by atoms with Crippen molar-refractivity contribution in [2.24, 2.45) is 0 Å². The highest BCUT2D eigenvalue weighted by Gasteiger charge is 2.18. The molecule has 21 heavy (non-hydrogen) atoms. The molecule has 0 bridgehead atoms. The molecule has 0 unspecified atom stereocenters. The van der Waals surface area contributed by atoms with Gasteiger partial charge in [-0.2, -0.15) is 5.10 Å². The Morgan fingerprint density at radius 2 is 2.19 bits per heavy atom. The molecule has 0 saturated heterocycles. The summed E-state index contributed by atoms with van der Waals surface area (Å²) in [5, 5.41) is 4.69. The van der Waals surface area contributed by atoms with Crippen LogP contribution in [0.25, 0.3) is 0 Å². The van der Waals surface area contributed by atoms with E-state index < -0.39 is 0 Å². The fourth-order valence-electron chi connectivity index (χ4n) is 2.98. The number of ether oxygens (including phenoxy) is 1. The molecule has 1 heterocycles. The zero-order valence-corrected chi connectivity index (χ0v) is 13.3. The van der Waals surface area contributed by atoms with Gasteiger partial charge in [0, 0.05) is 12.7 Å². The topological polar surface area (TPSA) is 47.4 Å². The lowest BCUT2D eigenvalue weighted by Gasteiger charge is -2.19. The van der Waals surface area contributed by atoms with E-state index in [0.717, 1.165) is 18.7 Å². The molecule has 0 spiro atoms. The summed E-state index contributed by atoms with van der Waals surface area (Å²) >= 11 is 0. The van der Waals surface area contributed by atoms with E-state index in [9.17, 15) is 4.79 Å². The third-order valence-corrected chi connectivity index (χ3v) is 3.95. The molecule has 1 fully saturated rings. The van der Waals surface area contributed by atoms with Crippen molar-refractivity contribution in [3.63, 3.8) is 0 Å². The molecule has 1 aliphatic rings. The molecule has 1 aliphatic carbocycles. The van der Waals surface area contributed by atoms with Gasteiger partial charge in [0.1, 0.15) is 0 Å². The van der Waals surface area contributed by atoms with Crippen LogP contribution in [-0.2, 0) is 16.1 Å². The number of hydrogen-bond donors (Lipinski definition) is 0. The fraction of sp³-hybridized carbons (Fsp3) is 0.750. The Balaban J connectivity index is 1.91. The standard InChI is InChI=1S/C16H27N3O2/c1-3-10-18(13-16(20)21-4-2)12-14-9-11-19(17-14)15-7-5-6-8-15/h9,11,15H,3-8,10,12-13H2,1-2H3. The molecule has 2 rings (SSSR count). The zero-order valence-electron chi connectivity index (χ0n) is 13.3. The zero-order chi connectivity index (χ0) is 15.1. The quantitative estimate of drug-likeness (QED) is 0.692. The number of hydrogen-bond acceptors (Lipinski definition) is 4. The lowest BCUT2D eigenvalue weighted by atomic mass is 10.3. The van der Waals surface area contributed by atoms with Gasteiger partial charge in [-0.1, -0.05) is 19.8 Å². The first-order chi connectivity index (χ1) is 10.2. The number of carbonyl (C=O) groups excluding carboxylic acids is 1. The highest BCUT2D eigenvalue weighted by Crippen LogP contribution is 2.28. The van der Waals surface area contributed by atoms with Crippen LogP contribution in [0.1, 0.15) is 57.7 Å². The summed E-state index contributed by atoms with van der Waals surface area (Å²) in [6.45, 7) is 6.34. The molecule has 1 saturated carbocycles. The highest BCUT2D eigenvalue weighted by atomic mass is 16.5. The lowest BCUT2D eigenvalue weighted by Crippen LogP contribution is -2.31. The Hall–Kier alpha value is -1.36. The van der Waals surface area contributed by atoms with Crippen molar-refractivity contribution < 1.29 is 9.53 Å². The molecular weight excluding hydrogens is 266 g/mol. The molecule has 0 aliphatic heterocycles. The highest BCUT2D eigenvalue weighted by molar-refractivity contribution is 5.71. The summed E-state index contributed by atoms with van der Waals surface area (Å²) in [5.74, 6) is -0.152. The van der Waals surface area contributed by atoms with Gasteiger partial charge in [-0.25, -0.2) is 0 Å². The van der Waals surface area contributed by atoms with E-state index >= 15 is 0 Å². The monoisotopic (exact) mass is 293 g/mol. The average Bonchev–Trinajstić information content (AvgIpc) is 3.09. The summed E-state index contributed by atoms with van der Waals surface area (Å²) in [6.07, 6.45) is 8.20. The molecular formula is C16H27N3O2. The molecule has 5 nitrogen and oxygen atoms in total. The first-order valence-corrected chi connectivity index (χ1v) is 8.15. The molecule has 0 atom stereocenters. The van der Waals surface area contributed by atoms with Gasteiger partial charge in [-0.15, -0.1) is 0 Å². The smallest absolute Gasteiger partial charge is 0.320 e. The largest absolute Gasteiger partial charge is 0.465 e. The van der Waals surface area contributed by atoms with Gasteiger partial charge < -0.3 is 4.74 Å². The van der Waals surface area contributed by atoms with E-state index in [4.69, 9.17) is 9.84 Å². The minimum absolute atomic E-state index is 0.152. The molecule has 0 N–H and O–H groups in total. The Kier molecular flexibility index (Phi) is 6.23. The van der Waals surface area contributed by atoms with Crippen molar-refractivity contribution in [1.82, 2.24) is 14.7 Å². The lowest BCUT2D eigenvalue weighted by molar-refractivity contribution is -0.144. The first kappa shape index (κ1) is 16.0. The summed E-state index contributed by atoms with van der Waals surface area (Å²) in [4.78, 5) is 13.8. The predicted octanol–water partition coefficient (Wildman–Crippen LogP) is 2.77. The minimum Gasteiger partial charge on any atom is -0.465 e. The number of rotatable bonds is 8. The molecule has 5 heteroatoms. The Morgan fingerprint density at radius 3 is 2.86 bits per heavy atom. The van der Waals surface area contributed by atoms with Gasteiger partial charge >= 0.3 is 5.97 Å². The van der Waals surface area contributed by atoms with Crippen LogP contribution in [0.2, 0.25) is 0 Å². The number of carbonyl (C=O) groups is 1. The second kappa shape index (κ2) is 8.17. The Bertz CT molecular complexity index is 438. The third-order valence-electron chi connectivity index (χ3n) is 3.95. The van der Waals surface area contributed by atoms with E-state index in [2.05, 4.69) is 28.8 Å². The van der Waals surface area contributed by atoms with E-state index in [0.29, 0.717) is 25.7 Å². The molecule has 0 radical (unpaired) electrons. The Labute approximate surface area is 127 Å². The maximum atomic E-state index is 11.6. The molecule has 118 valence electrons. The van der Waals surface area contributed by atoms with Crippen LogP contribution in [0.5, 0.6) is 0 Å². The van der Waals surface area contributed by atoms with Crippen molar-refractivity contribution in [1.29, 1.82) is 0 Å². The van der Waals surface area contributed by atoms with Crippen LogP contribution in [0.4, 0.5) is 0 Å². The molecule has 1 aromatic heterocycles. The Morgan fingerprint density at radius 1 is 1.43 bits per heavy atom. The van der Waals surface area contributed by atoms with Crippen molar-refractivity contribution in [3.05, 3.63) is 18.0 Å². The van der Waals surface area contributed by atoms with Crippen LogP contribution in [0.15, 0.2) is 12.3 Å². The van der Waals surface area contributed by atoms with Gasteiger partial charge in [0.15, 0.2) is 0 Å². The van der Waals surface area contributed by atoms with Gasteiger partial charge in [0.2, 0.25) is 0 Å². The third kappa shape index (κ3) is 4.84. The second-order valence-corrected chi connectivity index (χ2v) is 5.74. The van der Waals surface area contributed by atoms with Crippen LogP contribution in [-0.4, -0.2) is 40.3 Å². The van der Waals surface area contributed by atoms with E-state index in [1.54, 1.807) is 0 Å². The maximum absolute atomic E-state index is 11.6. The van der Waals surface area contributed by atoms with Gasteiger partial charge in [0.25, 0.3) is 0 Å². The van der Waals surface area contributed by atoms with Gasteiger partial charge in [0.05, 0.1) is 24.9 Å². The predicted molar refractivity (Wildman–Crippen MR) is 81.9 cm³/mol. The first-order valence-electron chi connectivity index (χ1n) is 8.15. The molecule has 1 aromatic rings. The van der Waals surface area contributed by atoms with Crippen molar-refractivity contribution >= 4 is 5.97 Å². The normalized spacial score (nSPS) is 15.8. The molecule has 0 aromatic carbocycles. The van der Waals surface area contributed by atoms with Gasteiger partial charge in [-0.05, 0) is 38.8 Å². The van der Waals surface area contributed by atoms with Gasteiger partial charge in [-0.3, -0.25) is 14.4 Å². The van der Waals surface area contributed by atoms with Crippen molar-refractivity contribution in [3.8, 4) is 0 Å². The summed E-state index contributed by atoms with van der Waals surface area (Å²) in [5.41, 5.74) is 1.04. The number of aromatic nitrogens is 2. The summed E-state index contributed by atoms with van der Waals surface area (Å²) < 4.78 is 7.14. The second-order valence-electron chi connectivity index (χ2n) is 5.74. The van der Waals surface area contributed by atoms with E-state index in [1.165, 1.54) is 25.7 Å². The van der Waals surface area contributed by atoms with Crippen LogP contribution >= 0.6 is 0 Å². The van der Waals surface area contributed by atoms with Crippen molar-refractivity contribution in [2.45, 2.75) is 58.5 Å². The van der Waals surface area contributed by atoms with Crippen LogP contribution < -0.4 is 0 Å². The maximum Gasteiger partial charge on any atom is 0.320 e. The van der Waals surface area contributed by atoms with Crippen LogP contribution in [0.3, 0.4) is 0 Å². The van der Waals surface area contributed by atoms with E-state index in [-0.39, 0.29) is 5.97 Å². The van der Waals surface area contributed by atoms with Crippen LogP contribution in [0, 0.1) is 0 Å². The number of nitrogens with zero attached hydrogens (tertiary/aromatic N) is 3. The fourth-order valence-corrected chi connectivity index (χ4v) is 2.98. The summed E-state index contributed by atoms with van der Waals surface area (Å²) in [6, 6.07) is 2.65.